The molecule has 6 rings (SSSR count). The molecule has 1 fully saturated rings. The van der Waals surface area contributed by atoms with Crippen LogP contribution < -0.4 is 4.74 Å². The number of carbonyl (C=O) groups excluding carboxylic acids is 3. The summed E-state index contributed by atoms with van der Waals surface area (Å²) in [6.45, 7) is 2.50. The van der Waals surface area contributed by atoms with E-state index in [-0.39, 0.29) is 5.56 Å². The molecule has 4 aromatic heterocycles. The second-order valence-electron chi connectivity index (χ2n) is 9.63. The van der Waals surface area contributed by atoms with Gasteiger partial charge in [0, 0.05) is 24.9 Å². The van der Waals surface area contributed by atoms with Crippen LogP contribution in [0.15, 0.2) is 60.7 Å². The van der Waals surface area contributed by atoms with Crippen LogP contribution in [0.2, 0.25) is 0 Å². The number of pyridine rings is 1. The van der Waals surface area contributed by atoms with E-state index in [2.05, 4.69) is 30.2 Å². The first-order chi connectivity index (χ1) is 20.0. The maximum Gasteiger partial charge on any atom is 0.295 e. The van der Waals surface area contributed by atoms with Crippen molar-refractivity contribution in [3.05, 3.63) is 89.0 Å². The van der Waals surface area contributed by atoms with Crippen molar-refractivity contribution in [2.24, 2.45) is 0 Å². The highest BCUT2D eigenvalue weighted by atomic mass is 16.5. The van der Waals surface area contributed by atoms with Crippen LogP contribution in [0.4, 0.5) is 0 Å². The smallest absolute Gasteiger partial charge is 0.295 e. The molecule has 0 spiro atoms. The Balaban J connectivity index is 1.28. The van der Waals surface area contributed by atoms with Crippen molar-refractivity contribution < 1.29 is 19.1 Å². The third-order valence-electron chi connectivity index (χ3n) is 7.19. The van der Waals surface area contributed by atoms with Gasteiger partial charge in [-0.2, -0.15) is 10.2 Å². The number of nitrogens with zero attached hydrogens (tertiary/aromatic N) is 6. The van der Waals surface area contributed by atoms with Crippen LogP contribution in [0.3, 0.4) is 0 Å². The zero-order chi connectivity index (χ0) is 28.5. The fourth-order valence-corrected chi connectivity index (χ4v) is 5.21. The molecule has 1 aliphatic rings. The number of aromatic nitrogens is 7. The van der Waals surface area contributed by atoms with Crippen molar-refractivity contribution in [3.63, 3.8) is 0 Å². The normalized spacial score (nSPS) is 13.4. The van der Waals surface area contributed by atoms with Gasteiger partial charge >= 0.3 is 0 Å². The molecule has 5 aromatic rings. The van der Waals surface area contributed by atoms with Gasteiger partial charge in [-0.3, -0.25) is 19.5 Å². The number of amides is 1. The minimum atomic E-state index is -0.639. The van der Waals surface area contributed by atoms with Crippen molar-refractivity contribution >= 4 is 34.5 Å². The number of nitrogens with one attached hydrogen (secondary N) is 2. The van der Waals surface area contributed by atoms with E-state index in [1.165, 1.54) is 30.5 Å². The maximum absolute atomic E-state index is 13.6. The first-order valence-electron chi connectivity index (χ1n) is 13.0. The molecule has 0 radical (unpaired) electrons. The minimum absolute atomic E-state index is 0.201. The van der Waals surface area contributed by atoms with E-state index in [4.69, 9.17) is 4.74 Å². The third kappa shape index (κ3) is 4.69. The quantitative estimate of drug-likeness (QED) is 0.178. The van der Waals surface area contributed by atoms with Crippen molar-refractivity contribution in [3.8, 4) is 11.6 Å². The topological polar surface area (TPSA) is 152 Å². The van der Waals surface area contributed by atoms with Gasteiger partial charge in [0.25, 0.3) is 11.7 Å². The molecule has 1 aromatic carbocycles. The Labute approximate surface area is 234 Å². The number of methoxy groups -OCH3 is 1. The van der Waals surface area contributed by atoms with Crippen molar-refractivity contribution in [2.75, 3.05) is 20.2 Å². The standard InChI is InChI=1S/C29H26N8O4/c1-17-32-16-37(35-17)28-26-25(23(41-2)14-31-28)21(13-30-26)27(39)29(40)36-10-8-19(9-11-36)24(18-6-4-3-5-7-18)22-12-20(15-38)33-34-22/h3-7,12-16,30H,8-11H2,1-2H3,(H,33,34). The van der Waals surface area contributed by atoms with Crippen LogP contribution in [-0.2, 0) is 4.79 Å². The molecule has 0 aliphatic carbocycles. The molecule has 1 aliphatic heterocycles. The Hall–Kier alpha value is -5.39. The summed E-state index contributed by atoms with van der Waals surface area (Å²) in [5.41, 5.74) is 4.77. The second kappa shape index (κ2) is 10.6. The minimum Gasteiger partial charge on any atom is -0.494 e. The largest absolute Gasteiger partial charge is 0.494 e. The Bertz CT molecular complexity index is 1800. The van der Waals surface area contributed by atoms with Crippen LogP contribution in [0.25, 0.3) is 22.3 Å². The van der Waals surface area contributed by atoms with Crippen LogP contribution in [0, 0.1) is 6.92 Å². The number of hydrogen-bond donors (Lipinski definition) is 2. The fourth-order valence-electron chi connectivity index (χ4n) is 5.21. The van der Waals surface area contributed by atoms with Crippen LogP contribution in [-0.4, -0.2) is 78.0 Å². The number of H-pyrrole nitrogens is 2. The Morgan fingerprint density at radius 1 is 1.10 bits per heavy atom. The number of benzene rings is 1. The van der Waals surface area contributed by atoms with Crippen molar-refractivity contribution in [1.82, 2.24) is 39.8 Å². The van der Waals surface area contributed by atoms with Crippen molar-refractivity contribution in [2.45, 2.75) is 19.8 Å². The molecule has 1 amide bonds. The third-order valence-corrected chi connectivity index (χ3v) is 7.19. The number of carbonyl (C=O) groups is 3. The number of ketones is 1. The average Bonchev–Trinajstić information content (AvgIpc) is 3.77. The zero-order valence-electron chi connectivity index (χ0n) is 22.4. The molecule has 0 atom stereocenters. The molecule has 0 bridgehead atoms. The molecule has 12 heteroatoms. The number of aromatic amines is 2. The van der Waals surface area contributed by atoms with Gasteiger partial charge in [0.05, 0.1) is 41.2 Å². The van der Waals surface area contributed by atoms with E-state index in [9.17, 15) is 14.4 Å². The van der Waals surface area contributed by atoms with E-state index >= 15 is 0 Å². The highest BCUT2D eigenvalue weighted by Crippen LogP contribution is 2.34. The van der Waals surface area contributed by atoms with Gasteiger partial charge in [0.1, 0.15) is 17.9 Å². The lowest BCUT2D eigenvalue weighted by Crippen LogP contribution is -2.40. The summed E-state index contributed by atoms with van der Waals surface area (Å²) in [6.07, 6.45) is 6.38. The fraction of sp³-hybridized carbons (Fsp3) is 0.207. The molecular weight excluding hydrogens is 524 g/mol. The zero-order valence-corrected chi connectivity index (χ0v) is 22.4. The summed E-state index contributed by atoms with van der Waals surface area (Å²) < 4.78 is 6.99. The Morgan fingerprint density at radius 2 is 1.88 bits per heavy atom. The lowest BCUT2D eigenvalue weighted by atomic mass is 9.90. The Morgan fingerprint density at radius 3 is 2.54 bits per heavy atom. The second-order valence-corrected chi connectivity index (χ2v) is 9.63. The number of aryl methyl sites for hydroxylation is 1. The van der Waals surface area contributed by atoms with Gasteiger partial charge in [-0.25, -0.2) is 14.6 Å². The summed E-state index contributed by atoms with van der Waals surface area (Å²) in [5, 5.41) is 11.9. The van der Waals surface area contributed by atoms with E-state index < -0.39 is 11.7 Å². The van der Waals surface area contributed by atoms with Gasteiger partial charge in [-0.15, -0.1) is 0 Å². The molecule has 0 unspecified atom stereocenters. The average molecular weight is 551 g/mol. The number of ether oxygens (including phenoxy) is 1. The summed E-state index contributed by atoms with van der Waals surface area (Å²) in [5.74, 6) is 0.138. The maximum atomic E-state index is 13.6. The van der Waals surface area contributed by atoms with Crippen molar-refractivity contribution in [1.29, 1.82) is 0 Å². The SMILES string of the molecule is COc1cnc(-n2cnc(C)n2)c2[nH]cc(C(=O)C(=O)N3CCC(=C(c4ccccc4)c4cc(C=O)[nH]n4)CC3)c12. The summed E-state index contributed by atoms with van der Waals surface area (Å²) in [7, 11) is 1.49. The van der Waals surface area contributed by atoms with Gasteiger partial charge < -0.3 is 14.6 Å². The molecule has 206 valence electrons. The van der Waals surface area contributed by atoms with Crippen LogP contribution in [0.5, 0.6) is 5.75 Å². The molecule has 0 saturated carbocycles. The van der Waals surface area contributed by atoms with Gasteiger partial charge in [-0.1, -0.05) is 35.9 Å². The summed E-state index contributed by atoms with van der Waals surface area (Å²) >= 11 is 0. The van der Waals surface area contributed by atoms with Gasteiger partial charge in [-0.05, 0) is 31.4 Å². The van der Waals surface area contributed by atoms with Crippen LogP contribution in [0.1, 0.15) is 50.8 Å². The van der Waals surface area contributed by atoms with Crippen LogP contribution >= 0.6 is 0 Å². The Kier molecular flexibility index (Phi) is 6.71. The summed E-state index contributed by atoms with van der Waals surface area (Å²) in [6, 6.07) is 11.5. The lowest BCUT2D eigenvalue weighted by Gasteiger charge is -2.29. The van der Waals surface area contributed by atoms with E-state index in [1.54, 1.807) is 17.9 Å². The number of piperidine rings is 1. The van der Waals surface area contributed by atoms with Gasteiger partial charge in [0.15, 0.2) is 12.1 Å². The molecule has 2 N–H and O–H groups in total. The van der Waals surface area contributed by atoms with E-state index in [0.717, 1.165) is 23.0 Å². The van der Waals surface area contributed by atoms with E-state index in [0.29, 0.717) is 65.6 Å². The summed E-state index contributed by atoms with van der Waals surface area (Å²) in [4.78, 5) is 51.5. The predicted molar refractivity (Wildman–Crippen MR) is 149 cm³/mol. The number of hydrogen-bond acceptors (Lipinski definition) is 8. The molecule has 5 heterocycles. The first kappa shape index (κ1) is 25.9. The number of likely N-dealkylation sites (tertiary alicyclic amines) is 1. The van der Waals surface area contributed by atoms with E-state index in [1.807, 2.05) is 30.3 Å². The monoisotopic (exact) mass is 550 g/mol. The number of fused-ring (bicyclic) bond motifs is 1. The number of Topliss-reactive ketones (excluding diaryl/α,β-unsaturated/α-hetero) is 1. The molecule has 1 saturated heterocycles. The lowest BCUT2D eigenvalue weighted by molar-refractivity contribution is -0.126. The highest BCUT2D eigenvalue weighted by Gasteiger charge is 2.30. The predicted octanol–water partition coefficient (Wildman–Crippen LogP) is 3.30. The highest BCUT2D eigenvalue weighted by molar-refractivity contribution is 6.45. The molecule has 41 heavy (non-hydrogen) atoms. The number of rotatable bonds is 7. The number of aldehydes is 1. The molecular formula is C29H26N8O4. The molecule has 12 nitrogen and oxygen atoms in total. The first-order valence-corrected chi connectivity index (χ1v) is 13.0. The van der Waals surface area contributed by atoms with Gasteiger partial charge in [0.2, 0.25) is 0 Å².